The van der Waals surface area contributed by atoms with Crippen molar-refractivity contribution < 1.29 is 32.6 Å². The number of anilines is 1. The number of amides is 1. The van der Waals surface area contributed by atoms with Gasteiger partial charge >= 0.3 is 12.1 Å². The van der Waals surface area contributed by atoms with E-state index in [0.29, 0.717) is 36.9 Å². The highest BCUT2D eigenvalue weighted by atomic mass is 19.4. The Hall–Kier alpha value is -4.27. The maximum atomic E-state index is 14.0. The Bertz CT molecular complexity index is 1660. The van der Waals surface area contributed by atoms with Crippen molar-refractivity contribution in [2.24, 2.45) is 11.3 Å². The molecular formula is C35H37F3N2O4. The van der Waals surface area contributed by atoms with Crippen LogP contribution in [0.15, 0.2) is 79.0 Å². The number of esters is 1. The second kappa shape index (κ2) is 11.7. The van der Waals surface area contributed by atoms with Crippen LogP contribution in [-0.4, -0.2) is 33.3 Å². The second-order valence-electron chi connectivity index (χ2n) is 12.9. The summed E-state index contributed by atoms with van der Waals surface area (Å²) in [5.74, 6) is -4.37. The van der Waals surface area contributed by atoms with Gasteiger partial charge in [-0.3, -0.25) is 9.59 Å². The standard InChI is InChI=1S/C35H37F3N2O4/c1-22(35(36,37)38)29(25-14-12-23(13-15-25)20-40-21-26-9-5-6-11-28(26)31(40)42)30(41)39-27-10-7-8-24(18-27)19-34(16-17-34)32(43)44-33(2,3)4/h5-15,18,21-22,29,42H,16-17,19-20H2,1-4H3,(H,39,41). The molecule has 0 spiro atoms. The van der Waals surface area contributed by atoms with Crippen molar-refractivity contribution in [1.82, 2.24) is 4.57 Å². The average Bonchev–Trinajstić information content (AvgIpc) is 3.66. The number of halogens is 3. The highest BCUT2D eigenvalue weighted by Crippen LogP contribution is 2.50. The lowest BCUT2D eigenvalue weighted by Gasteiger charge is -2.26. The van der Waals surface area contributed by atoms with Crippen LogP contribution in [0.5, 0.6) is 5.88 Å². The van der Waals surface area contributed by atoms with E-state index in [0.717, 1.165) is 23.4 Å². The number of hydrogen-bond donors (Lipinski definition) is 2. The topological polar surface area (TPSA) is 80.6 Å². The van der Waals surface area contributed by atoms with Crippen LogP contribution >= 0.6 is 0 Å². The third-order valence-electron chi connectivity index (χ3n) is 8.18. The van der Waals surface area contributed by atoms with E-state index in [9.17, 15) is 27.9 Å². The molecule has 1 saturated carbocycles. The van der Waals surface area contributed by atoms with Crippen LogP contribution < -0.4 is 5.32 Å². The number of carbonyl (C=O) groups excluding carboxylic acids is 2. The Balaban J connectivity index is 1.33. The van der Waals surface area contributed by atoms with Crippen LogP contribution in [0.4, 0.5) is 18.9 Å². The number of benzene rings is 3. The van der Waals surface area contributed by atoms with Gasteiger partial charge in [0, 0.05) is 22.7 Å². The number of carbonyl (C=O) groups is 2. The summed E-state index contributed by atoms with van der Waals surface area (Å²) in [6, 6.07) is 20.7. The second-order valence-corrected chi connectivity index (χ2v) is 12.9. The van der Waals surface area contributed by atoms with Gasteiger partial charge in [0.1, 0.15) is 5.60 Å². The Labute approximate surface area is 254 Å². The summed E-state index contributed by atoms with van der Waals surface area (Å²) >= 11 is 0. The number of alkyl halides is 3. The summed E-state index contributed by atoms with van der Waals surface area (Å²) in [7, 11) is 0. The van der Waals surface area contributed by atoms with Crippen LogP contribution in [0.1, 0.15) is 63.1 Å². The Kier molecular flexibility index (Phi) is 8.27. The molecule has 1 aromatic heterocycles. The average molecular weight is 607 g/mol. The number of nitrogens with zero attached hydrogens (tertiary/aromatic N) is 1. The molecule has 1 aliphatic rings. The zero-order chi connectivity index (χ0) is 31.9. The SMILES string of the molecule is CC(C(C(=O)Nc1cccc(CC2(C(=O)OC(C)(C)C)CC2)c1)c1ccc(Cn2cc3ccccc3c2O)cc1)C(F)(F)F. The predicted octanol–water partition coefficient (Wildman–Crippen LogP) is 7.98. The molecule has 1 aliphatic carbocycles. The molecule has 9 heteroatoms. The summed E-state index contributed by atoms with van der Waals surface area (Å²) in [6.07, 6.45) is -0.985. The fourth-order valence-electron chi connectivity index (χ4n) is 5.56. The van der Waals surface area contributed by atoms with Gasteiger partial charge in [0.25, 0.3) is 0 Å². The fourth-order valence-corrected chi connectivity index (χ4v) is 5.56. The molecule has 232 valence electrons. The number of fused-ring (bicyclic) bond motifs is 1. The van der Waals surface area contributed by atoms with Crippen LogP contribution in [0, 0.1) is 11.3 Å². The molecule has 0 saturated heterocycles. The van der Waals surface area contributed by atoms with E-state index >= 15 is 0 Å². The Morgan fingerprint density at radius 2 is 1.66 bits per heavy atom. The van der Waals surface area contributed by atoms with Gasteiger partial charge in [0.2, 0.25) is 5.91 Å². The van der Waals surface area contributed by atoms with E-state index in [2.05, 4.69) is 5.32 Å². The number of nitrogens with one attached hydrogen (secondary N) is 1. The molecule has 6 nitrogen and oxygen atoms in total. The van der Waals surface area contributed by atoms with Crippen LogP contribution in [0.2, 0.25) is 0 Å². The molecule has 4 aromatic rings. The molecule has 1 heterocycles. The van der Waals surface area contributed by atoms with Gasteiger partial charge in [-0.1, -0.05) is 61.5 Å². The van der Waals surface area contributed by atoms with E-state index in [1.807, 2.05) is 57.3 Å². The Morgan fingerprint density at radius 3 is 2.27 bits per heavy atom. The van der Waals surface area contributed by atoms with Crippen molar-refractivity contribution in [3.8, 4) is 5.88 Å². The van der Waals surface area contributed by atoms with E-state index in [-0.39, 0.29) is 17.4 Å². The maximum absolute atomic E-state index is 14.0. The van der Waals surface area contributed by atoms with Crippen molar-refractivity contribution in [3.63, 3.8) is 0 Å². The molecule has 1 fully saturated rings. The highest BCUT2D eigenvalue weighted by Gasteiger charge is 2.52. The number of aromatic hydroxyl groups is 1. The van der Waals surface area contributed by atoms with Crippen LogP contribution in [0.3, 0.4) is 0 Å². The first-order valence-electron chi connectivity index (χ1n) is 14.7. The lowest BCUT2D eigenvalue weighted by Crippen LogP contribution is -2.34. The van der Waals surface area contributed by atoms with Crippen molar-refractivity contribution in [2.45, 2.75) is 71.2 Å². The van der Waals surface area contributed by atoms with Crippen molar-refractivity contribution in [2.75, 3.05) is 5.32 Å². The minimum atomic E-state index is -4.61. The lowest BCUT2D eigenvalue weighted by atomic mass is 9.85. The first-order chi connectivity index (χ1) is 20.6. The number of rotatable bonds is 9. The lowest BCUT2D eigenvalue weighted by molar-refractivity contribution is -0.178. The number of hydrogen-bond acceptors (Lipinski definition) is 4. The molecule has 3 aromatic carbocycles. The van der Waals surface area contributed by atoms with Gasteiger partial charge in [0.15, 0.2) is 5.88 Å². The monoisotopic (exact) mass is 606 g/mol. The highest BCUT2D eigenvalue weighted by molar-refractivity contribution is 5.96. The van der Waals surface area contributed by atoms with Crippen molar-refractivity contribution in [3.05, 3.63) is 95.7 Å². The third kappa shape index (κ3) is 6.93. The third-order valence-corrected chi connectivity index (χ3v) is 8.18. The van der Waals surface area contributed by atoms with E-state index in [1.165, 1.54) is 12.1 Å². The van der Waals surface area contributed by atoms with Crippen LogP contribution in [-0.2, 0) is 27.3 Å². The minimum Gasteiger partial charge on any atom is -0.494 e. The van der Waals surface area contributed by atoms with Gasteiger partial charge in [0.05, 0.1) is 23.8 Å². The quantitative estimate of drug-likeness (QED) is 0.189. The normalized spacial score (nSPS) is 15.9. The zero-order valence-corrected chi connectivity index (χ0v) is 25.2. The summed E-state index contributed by atoms with van der Waals surface area (Å²) in [4.78, 5) is 26.3. The predicted molar refractivity (Wildman–Crippen MR) is 163 cm³/mol. The van der Waals surface area contributed by atoms with Gasteiger partial charge in [-0.2, -0.15) is 13.2 Å². The zero-order valence-electron chi connectivity index (χ0n) is 25.2. The molecular weight excluding hydrogens is 569 g/mol. The van der Waals surface area contributed by atoms with E-state index in [4.69, 9.17) is 4.74 Å². The molecule has 0 aliphatic heterocycles. The molecule has 2 N–H and O–H groups in total. The summed E-state index contributed by atoms with van der Waals surface area (Å²) in [6.45, 7) is 6.77. The summed E-state index contributed by atoms with van der Waals surface area (Å²) < 4.78 is 49.2. The van der Waals surface area contributed by atoms with Gasteiger partial charge in [-0.05, 0) is 74.9 Å². The largest absolute Gasteiger partial charge is 0.494 e. The summed E-state index contributed by atoms with van der Waals surface area (Å²) in [5, 5.41) is 14.9. The van der Waals surface area contributed by atoms with E-state index in [1.54, 1.807) is 34.9 Å². The van der Waals surface area contributed by atoms with Gasteiger partial charge < -0.3 is 19.7 Å². The molecule has 0 bridgehead atoms. The smallest absolute Gasteiger partial charge is 0.392 e. The van der Waals surface area contributed by atoms with Crippen molar-refractivity contribution >= 4 is 28.3 Å². The maximum Gasteiger partial charge on any atom is 0.392 e. The number of ether oxygens (including phenoxy) is 1. The first kappa shape index (κ1) is 31.2. The van der Waals surface area contributed by atoms with E-state index < -0.39 is 34.9 Å². The van der Waals surface area contributed by atoms with Crippen molar-refractivity contribution in [1.29, 1.82) is 0 Å². The molecule has 2 unspecified atom stereocenters. The molecule has 5 rings (SSSR count). The van der Waals surface area contributed by atoms with Gasteiger partial charge in [-0.25, -0.2) is 0 Å². The summed E-state index contributed by atoms with van der Waals surface area (Å²) in [5.41, 5.74) is 0.917. The van der Waals surface area contributed by atoms with Gasteiger partial charge in [-0.15, -0.1) is 0 Å². The molecule has 0 radical (unpaired) electrons. The molecule has 2 atom stereocenters. The van der Waals surface area contributed by atoms with Crippen LogP contribution in [0.25, 0.3) is 10.8 Å². The Morgan fingerprint density at radius 1 is 0.977 bits per heavy atom. The molecule has 44 heavy (non-hydrogen) atoms. The minimum absolute atomic E-state index is 0.105. The number of aromatic nitrogens is 1. The fraction of sp³-hybridized carbons (Fsp3) is 0.371. The first-order valence-corrected chi connectivity index (χ1v) is 14.7. The molecule has 1 amide bonds.